The molecule has 31 heavy (non-hydrogen) atoms. The number of sulfonamides is 1. The molecule has 2 heterocycles. The van der Waals surface area contributed by atoms with Gasteiger partial charge in [0.25, 0.3) is 0 Å². The van der Waals surface area contributed by atoms with Crippen molar-refractivity contribution < 1.29 is 39.9 Å². The number of hydrogen-bond acceptors (Lipinski definition) is 4. The Hall–Kier alpha value is -2.21. The topological polar surface area (TPSA) is 75.7 Å². The molecule has 1 saturated heterocycles. The van der Waals surface area contributed by atoms with E-state index in [2.05, 4.69) is 4.72 Å². The predicted octanol–water partition coefficient (Wildman–Crippen LogP) is 3.39. The molecule has 172 valence electrons. The maximum Gasteiger partial charge on any atom is 0.458 e. The van der Waals surface area contributed by atoms with Gasteiger partial charge in [0.2, 0.25) is 15.9 Å². The highest BCUT2D eigenvalue weighted by Crippen LogP contribution is 2.48. The van der Waals surface area contributed by atoms with E-state index >= 15 is 0 Å². The number of ether oxygens (including phenoxy) is 1. The number of nitrogens with one attached hydrogen (secondary N) is 1. The Morgan fingerprint density at radius 1 is 1.19 bits per heavy atom. The number of halogens is 5. The van der Waals surface area contributed by atoms with E-state index in [-0.39, 0.29) is 48.0 Å². The summed E-state index contributed by atoms with van der Waals surface area (Å²) in [4.78, 5) is 13.8. The van der Waals surface area contributed by atoms with Crippen LogP contribution in [-0.2, 0) is 20.7 Å². The zero-order chi connectivity index (χ0) is 23.4. The fraction of sp³-hybridized carbons (Fsp3) is 0.526. The number of likely N-dealkylation sites (tertiary alicyclic amines) is 1. The molecule has 1 amide bonds. The second-order valence-corrected chi connectivity index (χ2v) is 9.80. The van der Waals surface area contributed by atoms with Gasteiger partial charge in [-0.2, -0.15) is 22.0 Å². The lowest BCUT2D eigenvalue weighted by atomic mass is 9.87. The van der Waals surface area contributed by atoms with Crippen molar-refractivity contribution in [1.29, 1.82) is 0 Å². The number of carbonyl (C=O) groups is 1. The van der Waals surface area contributed by atoms with Gasteiger partial charge < -0.3 is 9.64 Å². The lowest BCUT2D eigenvalue weighted by Crippen LogP contribution is -2.43. The van der Waals surface area contributed by atoms with Crippen LogP contribution in [-0.4, -0.2) is 50.3 Å². The maximum atomic E-state index is 14.0. The van der Waals surface area contributed by atoms with Gasteiger partial charge in [-0.1, -0.05) is 0 Å². The minimum Gasteiger partial charge on any atom is -0.483 e. The van der Waals surface area contributed by atoms with Crippen LogP contribution in [0.2, 0.25) is 0 Å². The lowest BCUT2D eigenvalue weighted by molar-refractivity contribution is -0.289. The number of hydrogen-bond donors (Lipinski definition) is 1. The second-order valence-electron chi connectivity index (χ2n) is 7.96. The van der Waals surface area contributed by atoms with Crippen molar-refractivity contribution in [1.82, 2.24) is 9.62 Å². The van der Waals surface area contributed by atoms with Crippen molar-refractivity contribution in [3.05, 3.63) is 34.9 Å². The fourth-order valence-corrected chi connectivity index (χ4v) is 4.05. The molecule has 0 aromatic heterocycles. The Kier molecular flexibility index (Phi) is 5.63. The number of benzene rings is 1. The van der Waals surface area contributed by atoms with Gasteiger partial charge >= 0.3 is 12.1 Å². The second kappa shape index (κ2) is 7.44. The summed E-state index contributed by atoms with van der Waals surface area (Å²) in [6.07, 6.45) is -4.26. The highest BCUT2D eigenvalue weighted by molar-refractivity contribution is 7.88. The number of amides is 1. The van der Waals surface area contributed by atoms with Crippen LogP contribution in [0.25, 0.3) is 5.70 Å². The molecule has 2 aliphatic rings. The zero-order valence-electron chi connectivity index (χ0n) is 16.9. The van der Waals surface area contributed by atoms with E-state index in [4.69, 9.17) is 4.74 Å². The Morgan fingerprint density at radius 3 is 2.35 bits per heavy atom. The third-order valence-electron chi connectivity index (χ3n) is 5.19. The number of alkyl halides is 5. The third kappa shape index (κ3) is 4.40. The van der Waals surface area contributed by atoms with Crippen LogP contribution in [0.15, 0.2) is 23.8 Å². The summed E-state index contributed by atoms with van der Waals surface area (Å²) in [5.74, 6) is -5.45. The van der Waals surface area contributed by atoms with Gasteiger partial charge in [-0.25, -0.2) is 13.1 Å². The summed E-state index contributed by atoms with van der Waals surface area (Å²) < 4.78 is 98.2. The van der Waals surface area contributed by atoms with E-state index in [1.54, 1.807) is 13.8 Å². The van der Waals surface area contributed by atoms with Crippen molar-refractivity contribution in [2.24, 2.45) is 0 Å². The first-order valence-corrected chi connectivity index (χ1v) is 11.2. The lowest BCUT2D eigenvalue weighted by Gasteiger charge is -2.40. The molecule has 3 rings (SSSR count). The van der Waals surface area contributed by atoms with Crippen LogP contribution in [0.4, 0.5) is 22.0 Å². The Morgan fingerprint density at radius 2 is 1.84 bits per heavy atom. The van der Waals surface area contributed by atoms with Gasteiger partial charge in [-0.15, -0.1) is 0 Å². The van der Waals surface area contributed by atoms with Gasteiger partial charge in [0.1, 0.15) is 11.4 Å². The molecule has 0 aliphatic carbocycles. The molecule has 6 nitrogen and oxygen atoms in total. The third-order valence-corrected chi connectivity index (χ3v) is 5.85. The predicted molar refractivity (Wildman–Crippen MR) is 102 cm³/mol. The van der Waals surface area contributed by atoms with Crippen LogP contribution < -0.4 is 9.46 Å². The van der Waals surface area contributed by atoms with E-state index < -0.39 is 33.3 Å². The molecular formula is C19H21F5N2O4S. The van der Waals surface area contributed by atoms with Gasteiger partial charge in [-0.3, -0.25) is 4.79 Å². The summed E-state index contributed by atoms with van der Waals surface area (Å²) in [7, 11) is -3.67. The normalized spacial score (nSPS) is 19.5. The smallest absolute Gasteiger partial charge is 0.458 e. The van der Waals surface area contributed by atoms with Gasteiger partial charge in [-0.05, 0) is 38.5 Å². The molecule has 2 aliphatic heterocycles. The summed E-state index contributed by atoms with van der Waals surface area (Å²) in [6, 6.07) is 2.29. The summed E-state index contributed by atoms with van der Waals surface area (Å²) >= 11 is 0. The van der Waals surface area contributed by atoms with Gasteiger partial charge in [0.05, 0.1) is 12.0 Å². The maximum absolute atomic E-state index is 14.0. The van der Waals surface area contributed by atoms with E-state index in [9.17, 15) is 35.2 Å². The molecular weight excluding hydrogens is 447 g/mol. The monoisotopic (exact) mass is 468 g/mol. The highest BCUT2D eigenvalue weighted by Gasteiger charge is 2.59. The van der Waals surface area contributed by atoms with E-state index in [0.717, 1.165) is 12.3 Å². The SMILES string of the molecule is CC1(C)Oc2ccc(C(F)(F)C(F)(F)F)cc2C(N2CCCC2=O)=C1CNS(C)(=O)=O. The molecule has 0 bridgehead atoms. The molecule has 0 spiro atoms. The highest BCUT2D eigenvalue weighted by atomic mass is 32.2. The number of rotatable bonds is 5. The Bertz CT molecular complexity index is 1050. The van der Waals surface area contributed by atoms with Crippen LogP contribution >= 0.6 is 0 Å². The number of carbonyl (C=O) groups excluding carboxylic acids is 1. The largest absolute Gasteiger partial charge is 0.483 e. The average molecular weight is 468 g/mol. The first kappa shape index (κ1) is 23.5. The Balaban J connectivity index is 2.25. The van der Waals surface area contributed by atoms with Crippen LogP contribution in [0, 0.1) is 0 Å². The summed E-state index contributed by atoms with van der Waals surface area (Å²) in [5.41, 5.74) is -2.27. The molecule has 12 heteroatoms. The molecule has 1 aromatic rings. The minimum absolute atomic E-state index is 0.0181. The van der Waals surface area contributed by atoms with Crippen molar-refractivity contribution in [3.63, 3.8) is 0 Å². The quantitative estimate of drug-likeness (QED) is 0.673. The first-order chi connectivity index (χ1) is 14.0. The molecule has 0 atom stereocenters. The van der Waals surface area contributed by atoms with E-state index in [1.165, 1.54) is 4.90 Å². The average Bonchev–Trinajstić information content (AvgIpc) is 3.02. The zero-order valence-corrected chi connectivity index (χ0v) is 17.8. The number of nitrogens with zero attached hydrogens (tertiary/aromatic N) is 1. The summed E-state index contributed by atoms with van der Waals surface area (Å²) in [6.45, 7) is 3.08. The van der Waals surface area contributed by atoms with Gasteiger partial charge in [0.15, 0.2) is 0 Å². The van der Waals surface area contributed by atoms with Crippen LogP contribution in [0.1, 0.15) is 37.8 Å². The van der Waals surface area contributed by atoms with Crippen molar-refractivity contribution >= 4 is 21.6 Å². The van der Waals surface area contributed by atoms with E-state index in [0.29, 0.717) is 18.6 Å². The molecule has 0 unspecified atom stereocenters. The first-order valence-electron chi connectivity index (χ1n) is 9.32. The summed E-state index contributed by atoms with van der Waals surface area (Å²) in [5, 5.41) is 0. The van der Waals surface area contributed by atoms with Crippen LogP contribution in [0.5, 0.6) is 5.75 Å². The fourth-order valence-electron chi connectivity index (χ4n) is 3.64. The van der Waals surface area contributed by atoms with Crippen LogP contribution in [0.3, 0.4) is 0 Å². The molecule has 0 radical (unpaired) electrons. The molecule has 0 saturated carbocycles. The molecule has 1 N–H and O–H groups in total. The van der Waals surface area contributed by atoms with Crippen molar-refractivity contribution in [2.45, 2.75) is 44.4 Å². The van der Waals surface area contributed by atoms with Crippen molar-refractivity contribution in [2.75, 3.05) is 19.3 Å². The van der Waals surface area contributed by atoms with Gasteiger partial charge in [0, 0.05) is 36.2 Å². The number of fused-ring (bicyclic) bond motifs is 1. The molecule has 1 aromatic carbocycles. The van der Waals surface area contributed by atoms with E-state index in [1.807, 2.05) is 0 Å². The molecule has 1 fully saturated rings. The Labute approximate surface area is 176 Å². The standard InChI is InChI=1S/C19H21F5N2O4S/c1-17(2)13(10-25-31(3,28)29)16(26-8-4-5-15(26)27)12-9-11(6-7-14(12)30-17)18(20,21)19(22,23)24/h6-7,9,25H,4-5,8,10H2,1-3H3. The van der Waals surface area contributed by atoms with Crippen molar-refractivity contribution in [3.8, 4) is 5.75 Å². The minimum atomic E-state index is -5.82.